The maximum atomic E-state index is 9.57. The fourth-order valence-electron chi connectivity index (χ4n) is 2.65. The predicted octanol–water partition coefficient (Wildman–Crippen LogP) is 4.21. The Balaban J connectivity index is 1.59. The summed E-state index contributed by atoms with van der Waals surface area (Å²) in [6, 6.07) is 10.4. The molecule has 150 valence electrons. The number of hydrogen-bond donors (Lipinski definition) is 2. The molecule has 2 aromatic rings. The molecular formula is C22H28N2O4. The van der Waals surface area contributed by atoms with Crippen LogP contribution in [0.25, 0.3) is 0 Å². The summed E-state index contributed by atoms with van der Waals surface area (Å²) >= 11 is 0. The Kier molecular flexibility index (Phi) is 8.85. The molecule has 0 spiro atoms. The first-order valence-electron chi connectivity index (χ1n) is 9.37. The van der Waals surface area contributed by atoms with Gasteiger partial charge in [-0.3, -0.25) is 9.98 Å². The second-order valence-corrected chi connectivity index (χ2v) is 6.35. The zero-order valence-corrected chi connectivity index (χ0v) is 16.5. The van der Waals surface area contributed by atoms with Gasteiger partial charge < -0.3 is 19.7 Å². The molecule has 0 atom stereocenters. The maximum absolute atomic E-state index is 9.57. The number of rotatable bonds is 11. The Morgan fingerprint density at radius 2 is 1.14 bits per heavy atom. The van der Waals surface area contributed by atoms with Crippen LogP contribution in [0.4, 0.5) is 0 Å². The lowest BCUT2D eigenvalue weighted by Gasteiger charge is -2.03. The zero-order chi connectivity index (χ0) is 20.2. The largest absolute Gasteiger partial charge is 0.504 e. The number of phenolic OH excluding ortho intramolecular Hbond substituents is 2. The van der Waals surface area contributed by atoms with Crippen LogP contribution in [-0.4, -0.2) is 50.0 Å². The van der Waals surface area contributed by atoms with Crippen molar-refractivity contribution in [3.8, 4) is 23.0 Å². The van der Waals surface area contributed by atoms with Gasteiger partial charge in [-0.05, 0) is 60.4 Å². The summed E-state index contributed by atoms with van der Waals surface area (Å²) in [6.07, 6.45) is 7.89. The number of ether oxygens (including phenoxy) is 2. The molecule has 0 saturated carbocycles. The van der Waals surface area contributed by atoms with Gasteiger partial charge in [0.2, 0.25) is 0 Å². The SMILES string of the molecule is COc1cc(C=NCCCCCCN=Cc2ccc(O)c(OC)c2)ccc1O. The molecule has 0 amide bonds. The van der Waals surface area contributed by atoms with Crippen molar-refractivity contribution in [1.29, 1.82) is 0 Å². The average molecular weight is 384 g/mol. The van der Waals surface area contributed by atoms with Gasteiger partial charge >= 0.3 is 0 Å². The Bertz CT molecular complexity index is 736. The van der Waals surface area contributed by atoms with E-state index >= 15 is 0 Å². The molecule has 0 aliphatic carbocycles. The van der Waals surface area contributed by atoms with E-state index in [0.717, 1.165) is 49.9 Å². The van der Waals surface area contributed by atoms with E-state index in [4.69, 9.17) is 9.47 Å². The molecule has 0 saturated heterocycles. The van der Waals surface area contributed by atoms with Gasteiger partial charge in [0.05, 0.1) is 14.2 Å². The molecular weight excluding hydrogens is 356 g/mol. The molecule has 0 fully saturated rings. The highest BCUT2D eigenvalue weighted by molar-refractivity contribution is 5.81. The lowest BCUT2D eigenvalue weighted by molar-refractivity contribution is 0.373. The van der Waals surface area contributed by atoms with E-state index in [1.165, 1.54) is 14.2 Å². The number of aromatic hydroxyl groups is 2. The first-order chi connectivity index (χ1) is 13.6. The number of unbranched alkanes of at least 4 members (excludes halogenated alkanes) is 3. The average Bonchev–Trinajstić information content (AvgIpc) is 2.71. The third kappa shape index (κ3) is 6.95. The van der Waals surface area contributed by atoms with Crippen molar-refractivity contribution in [2.45, 2.75) is 25.7 Å². The molecule has 6 heteroatoms. The number of benzene rings is 2. The highest BCUT2D eigenvalue weighted by Crippen LogP contribution is 2.26. The van der Waals surface area contributed by atoms with Crippen molar-refractivity contribution in [3.63, 3.8) is 0 Å². The summed E-state index contributed by atoms with van der Waals surface area (Å²) in [4.78, 5) is 8.84. The minimum absolute atomic E-state index is 0.131. The smallest absolute Gasteiger partial charge is 0.161 e. The van der Waals surface area contributed by atoms with Crippen LogP contribution in [0, 0.1) is 0 Å². The van der Waals surface area contributed by atoms with E-state index in [9.17, 15) is 10.2 Å². The topological polar surface area (TPSA) is 83.6 Å². The second-order valence-electron chi connectivity index (χ2n) is 6.35. The quantitative estimate of drug-likeness (QED) is 0.449. The zero-order valence-electron chi connectivity index (χ0n) is 16.5. The van der Waals surface area contributed by atoms with Gasteiger partial charge in [0, 0.05) is 25.5 Å². The molecule has 28 heavy (non-hydrogen) atoms. The molecule has 0 unspecified atom stereocenters. The summed E-state index contributed by atoms with van der Waals surface area (Å²) in [5.41, 5.74) is 1.82. The highest BCUT2D eigenvalue weighted by Gasteiger charge is 2.01. The maximum Gasteiger partial charge on any atom is 0.161 e. The second kappa shape index (κ2) is 11.6. The number of phenols is 2. The van der Waals surface area contributed by atoms with Gasteiger partial charge in [0.25, 0.3) is 0 Å². The van der Waals surface area contributed by atoms with Gasteiger partial charge in [0.15, 0.2) is 23.0 Å². The van der Waals surface area contributed by atoms with Crippen LogP contribution in [0.2, 0.25) is 0 Å². The number of nitrogens with zero attached hydrogens (tertiary/aromatic N) is 2. The molecule has 0 bridgehead atoms. The van der Waals surface area contributed by atoms with E-state index in [1.807, 2.05) is 12.1 Å². The Hall–Kier alpha value is -3.02. The van der Waals surface area contributed by atoms with E-state index < -0.39 is 0 Å². The van der Waals surface area contributed by atoms with Crippen molar-refractivity contribution in [3.05, 3.63) is 47.5 Å². The van der Waals surface area contributed by atoms with E-state index in [0.29, 0.717) is 11.5 Å². The van der Waals surface area contributed by atoms with E-state index in [2.05, 4.69) is 9.98 Å². The van der Waals surface area contributed by atoms with Gasteiger partial charge in [-0.25, -0.2) is 0 Å². The minimum atomic E-state index is 0.131. The summed E-state index contributed by atoms with van der Waals surface area (Å²) in [7, 11) is 3.06. The summed E-state index contributed by atoms with van der Waals surface area (Å²) in [6.45, 7) is 1.56. The van der Waals surface area contributed by atoms with Crippen LogP contribution in [0.3, 0.4) is 0 Å². The summed E-state index contributed by atoms with van der Waals surface area (Å²) in [5, 5.41) is 19.1. The number of hydrogen-bond acceptors (Lipinski definition) is 6. The summed E-state index contributed by atoms with van der Waals surface area (Å²) in [5.74, 6) is 1.17. The van der Waals surface area contributed by atoms with Crippen LogP contribution in [0.1, 0.15) is 36.8 Å². The van der Waals surface area contributed by atoms with Crippen LogP contribution in [-0.2, 0) is 0 Å². The molecule has 0 radical (unpaired) electrons. The number of aliphatic imine (C=N–C) groups is 2. The first kappa shape index (κ1) is 21.3. The van der Waals surface area contributed by atoms with Crippen LogP contribution in [0.15, 0.2) is 46.4 Å². The molecule has 0 aromatic heterocycles. The van der Waals surface area contributed by atoms with Gasteiger partial charge in [-0.15, -0.1) is 0 Å². The highest BCUT2D eigenvalue weighted by atomic mass is 16.5. The standard InChI is InChI=1S/C22H28N2O4/c1-27-21-13-17(7-9-19(21)25)15-23-11-5-3-4-6-12-24-16-18-8-10-20(26)22(14-18)28-2/h7-10,13-16,25-26H,3-6,11-12H2,1-2H3. The van der Waals surface area contributed by atoms with Crippen LogP contribution >= 0.6 is 0 Å². The number of methoxy groups -OCH3 is 2. The molecule has 0 aliphatic rings. The molecule has 0 aliphatic heterocycles. The molecule has 2 aromatic carbocycles. The lowest BCUT2D eigenvalue weighted by Crippen LogP contribution is -1.90. The van der Waals surface area contributed by atoms with Crippen LogP contribution < -0.4 is 9.47 Å². The molecule has 2 N–H and O–H groups in total. The van der Waals surface area contributed by atoms with Crippen molar-refractivity contribution in [1.82, 2.24) is 0 Å². The Morgan fingerprint density at radius 1 is 0.714 bits per heavy atom. The van der Waals surface area contributed by atoms with Crippen LogP contribution in [0.5, 0.6) is 23.0 Å². The lowest BCUT2D eigenvalue weighted by atomic mass is 10.2. The van der Waals surface area contributed by atoms with Gasteiger partial charge in [-0.2, -0.15) is 0 Å². The molecule has 0 heterocycles. The molecule has 6 nitrogen and oxygen atoms in total. The monoisotopic (exact) mass is 384 g/mol. The normalized spacial score (nSPS) is 11.4. The predicted molar refractivity (Wildman–Crippen MR) is 113 cm³/mol. The van der Waals surface area contributed by atoms with Crippen molar-refractivity contribution in [2.24, 2.45) is 9.98 Å². The van der Waals surface area contributed by atoms with Crippen molar-refractivity contribution < 1.29 is 19.7 Å². The molecule has 2 rings (SSSR count). The van der Waals surface area contributed by atoms with Gasteiger partial charge in [-0.1, -0.05) is 12.8 Å². The Morgan fingerprint density at radius 3 is 1.54 bits per heavy atom. The Labute approximate surface area is 166 Å². The fourth-order valence-corrected chi connectivity index (χ4v) is 2.65. The van der Waals surface area contributed by atoms with Gasteiger partial charge in [0.1, 0.15) is 0 Å². The van der Waals surface area contributed by atoms with E-state index in [-0.39, 0.29) is 11.5 Å². The van der Waals surface area contributed by atoms with Crippen molar-refractivity contribution >= 4 is 12.4 Å². The third-order valence-electron chi connectivity index (χ3n) is 4.21. The fraction of sp³-hybridized carbons (Fsp3) is 0.364. The van der Waals surface area contributed by atoms with Crippen molar-refractivity contribution in [2.75, 3.05) is 27.3 Å². The summed E-state index contributed by atoms with van der Waals surface area (Å²) < 4.78 is 10.2. The van der Waals surface area contributed by atoms with E-state index in [1.54, 1.807) is 36.7 Å². The minimum Gasteiger partial charge on any atom is -0.504 e. The first-order valence-corrected chi connectivity index (χ1v) is 9.37. The third-order valence-corrected chi connectivity index (χ3v) is 4.21.